The summed E-state index contributed by atoms with van der Waals surface area (Å²) in [4.78, 5) is 35.3. The van der Waals surface area contributed by atoms with Gasteiger partial charge in [-0.05, 0) is 36.8 Å². The normalized spacial score (nSPS) is 10.3. The standard InChI is InChI=1S/C18H20N2O6S/c1-12-9-15(20(23)24)16(25-2)10-14(12)19-17(21)11-26-18(22)7-3-5-13-6-4-8-27-13/h4,6,8-10H,3,5,7,11H2,1-2H3,(H,19,21). The zero-order valence-corrected chi connectivity index (χ0v) is 15.8. The molecule has 0 bridgehead atoms. The topological polar surface area (TPSA) is 108 Å². The summed E-state index contributed by atoms with van der Waals surface area (Å²) in [6, 6.07) is 6.64. The molecular weight excluding hydrogens is 372 g/mol. The average Bonchev–Trinajstić information content (AvgIpc) is 3.14. The van der Waals surface area contributed by atoms with Crippen molar-refractivity contribution >= 4 is 34.6 Å². The second kappa shape index (κ2) is 9.67. The van der Waals surface area contributed by atoms with Crippen molar-refractivity contribution in [2.45, 2.75) is 26.2 Å². The van der Waals surface area contributed by atoms with Crippen LogP contribution in [0.1, 0.15) is 23.3 Å². The molecule has 0 fully saturated rings. The zero-order chi connectivity index (χ0) is 19.8. The number of aryl methyl sites for hydroxylation is 2. The number of amides is 1. The molecule has 0 aliphatic rings. The molecule has 0 radical (unpaired) electrons. The largest absolute Gasteiger partial charge is 0.490 e. The van der Waals surface area contributed by atoms with E-state index in [2.05, 4.69) is 5.32 Å². The van der Waals surface area contributed by atoms with Crippen molar-refractivity contribution in [2.24, 2.45) is 0 Å². The first-order chi connectivity index (χ1) is 12.9. The number of hydrogen-bond acceptors (Lipinski definition) is 7. The number of carbonyl (C=O) groups excluding carboxylic acids is 2. The number of nitro groups is 1. The predicted molar refractivity (Wildman–Crippen MR) is 101 cm³/mol. The van der Waals surface area contributed by atoms with E-state index in [0.717, 1.165) is 6.42 Å². The number of nitrogens with zero attached hydrogens (tertiary/aromatic N) is 1. The van der Waals surface area contributed by atoms with Gasteiger partial charge in [0, 0.05) is 29.1 Å². The summed E-state index contributed by atoms with van der Waals surface area (Å²) < 4.78 is 9.95. The Bertz CT molecular complexity index is 820. The Morgan fingerprint density at radius 2 is 2.11 bits per heavy atom. The lowest BCUT2D eigenvalue weighted by Gasteiger charge is -2.11. The summed E-state index contributed by atoms with van der Waals surface area (Å²) in [6.07, 6.45) is 1.68. The Balaban J connectivity index is 1.82. The number of thiophene rings is 1. The van der Waals surface area contributed by atoms with E-state index in [0.29, 0.717) is 17.7 Å². The van der Waals surface area contributed by atoms with Gasteiger partial charge in [-0.2, -0.15) is 0 Å². The van der Waals surface area contributed by atoms with Gasteiger partial charge in [0.05, 0.1) is 12.0 Å². The molecule has 0 saturated carbocycles. The van der Waals surface area contributed by atoms with Crippen LogP contribution in [-0.4, -0.2) is 30.5 Å². The van der Waals surface area contributed by atoms with E-state index in [9.17, 15) is 19.7 Å². The van der Waals surface area contributed by atoms with Crippen LogP contribution in [0, 0.1) is 17.0 Å². The number of nitro benzene ring substituents is 1. The van der Waals surface area contributed by atoms with Gasteiger partial charge in [-0.15, -0.1) is 11.3 Å². The molecule has 144 valence electrons. The van der Waals surface area contributed by atoms with Gasteiger partial charge in [0.25, 0.3) is 5.91 Å². The van der Waals surface area contributed by atoms with Gasteiger partial charge in [0.2, 0.25) is 0 Å². The van der Waals surface area contributed by atoms with Crippen molar-refractivity contribution < 1.29 is 24.0 Å². The van der Waals surface area contributed by atoms with Gasteiger partial charge in [-0.1, -0.05) is 6.07 Å². The summed E-state index contributed by atoms with van der Waals surface area (Å²) in [7, 11) is 1.31. The molecule has 0 saturated heterocycles. The lowest BCUT2D eigenvalue weighted by molar-refractivity contribution is -0.385. The maximum absolute atomic E-state index is 12.0. The van der Waals surface area contributed by atoms with Gasteiger partial charge in [-0.3, -0.25) is 19.7 Å². The third kappa shape index (κ3) is 6.07. The summed E-state index contributed by atoms with van der Waals surface area (Å²) >= 11 is 1.63. The molecule has 1 amide bonds. The highest BCUT2D eigenvalue weighted by Crippen LogP contribution is 2.32. The second-order valence-corrected chi connectivity index (χ2v) is 6.77. The molecule has 0 aliphatic carbocycles. The molecule has 0 aliphatic heterocycles. The maximum Gasteiger partial charge on any atom is 0.311 e. The molecule has 1 N–H and O–H groups in total. The van der Waals surface area contributed by atoms with Crippen molar-refractivity contribution in [1.29, 1.82) is 0 Å². The van der Waals surface area contributed by atoms with E-state index in [1.54, 1.807) is 18.3 Å². The van der Waals surface area contributed by atoms with Crippen LogP contribution in [0.15, 0.2) is 29.6 Å². The monoisotopic (exact) mass is 392 g/mol. The Morgan fingerprint density at radius 3 is 2.74 bits per heavy atom. The number of nitrogens with one attached hydrogen (secondary N) is 1. The Morgan fingerprint density at radius 1 is 1.33 bits per heavy atom. The number of methoxy groups -OCH3 is 1. The number of esters is 1. The first kappa shape index (κ1) is 20.4. The van der Waals surface area contributed by atoms with E-state index in [1.165, 1.54) is 24.1 Å². The van der Waals surface area contributed by atoms with E-state index < -0.39 is 23.4 Å². The predicted octanol–water partition coefficient (Wildman–Crippen LogP) is 3.48. The maximum atomic E-state index is 12.0. The van der Waals surface area contributed by atoms with Crippen LogP contribution in [0.5, 0.6) is 5.75 Å². The summed E-state index contributed by atoms with van der Waals surface area (Å²) in [6.45, 7) is 1.20. The number of carbonyl (C=O) groups is 2. The van der Waals surface area contributed by atoms with Gasteiger partial charge >= 0.3 is 11.7 Å². The number of anilines is 1. The molecule has 27 heavy (non-hydrogen) atoms. The first-order valence-corrected chi connectivity index (χ1v) is 9.09. The average molecular weight is 392 g/mol. The quantitative estimate of drug-likeness (QED) is 0.398. The zero-order valence-electron chi connectivity index (χ0n) is 15.0. The van der Waals surface area contributed by atoms with E-state index in [4.69, 9.17) is 9.47 Å². The molecule has 9 heteroatoms. The van der Waals surface area contributed by atoms with Crippen LogP contribution in [0.25, 0.3) is 0 Å². The van der Waals surface area contributed by atoms with Crippen molar-refractivity contribution in [3.05, 3.63) is 50.2 Å². The minimum absolute atomic E-state index is 0.0338. The van der Waals surface area contributed by atoms with E-state index in [1.807, 2.05) is 17.5 Å². The highest BCUT2D eigenvalue weighted by Gasteiger charge is 2.18. The summed E-state index contributed by atoms with van der Waals surface area (Å²) in [5.41, 5.74) is 0.666. The Labute approximate surface area is 160 Å². The molecule has 8 nitrogen and oxygen atoms in total. The Kier molecular flexibility index (Phi) is 7.30. The molecule has 2 aromatic rings. The van der Waals surface area contributed by atoms with Crippen LogP contribution in [0.3, 0.4) is 0 Å². The lowest BCUT2D eigenvalue weighted by atomic mass is 10.1. The number of ether oxygens (including phenoxy) is 2. The van der Waals surface area contributed by atoms with Gasteiger partial charge in [-0.25, -0.2) is 0 Å². The van der Waals surface area contributed by atoms with Crippen molar-refractivity contribution in [3.8, 4) is 5.75 Å². The van der Waals surface area contributed by atoms with Crippen LogP contribution < -0.4 is 10.1 Å². The van der Waals surface area contributed by atoms with Gasteiger partial charge < -0.3 is 14.8 Å². The SMILES string of the molecule is COc1cc(NC(=O)COC(=O)CCCc2cccs2)c(C)cc1[N+](=O)[O-]. The summed E-state index contributed by atoms with van der Waals surface area (Å²) in [5, 5.41) is 15.5. The third-order valence-corrected chi connectivity index (χ3v) is 4.68. The molecule has 0 spiro atoms. The molecule has 1 aromatic carbocycles. The number of benzene rings is 1. The highest BCUT2D eigenvalue weighted by molar-refractivity contribution is 7.09. The molecule has 1 aromatic heterocycles. The molecular formula is C18H20N2O6S. The highest BCUT2D eigenvalue weighted by atomic mass is 32.1. The van der Waals surface area contributed by atoms with Crippen LogP contribution in [0.4, 0.5) is 11.4 Å². The van der Waals surface area contributed by atoms with Crippen molar-refractivity contribution in [1.82, 2.24) is 0 Å². The first-order valence-electron chi connectivity index (χ1n) is 8.21. The Hall–Kier alpha value is -2.94. The van der Waals surface area contributed by atoms with Crippen molar-refractivity contribution in [3.63, 3.8) is 0 Å². The number of hydrogen-bond donors (Lipinski definition) is 1. The summed E-state index contributed by atoms with van der Waals surface area (Å²) in [5.74, 6) is -0.938. The van der Waals surface area contributed by atoms with Crippen LogP contribution in [0.2, 0.25) is 0 Å². The number of rotatable bonds is 9. The fourth-order valence-electron chi connectivity index (χ4n) is 2.38. The second-order valence-electron chi connectivity index (χ2n) is 5.74. The van der Waals surface area contributed by atoms with E-state index >= 15 is 0 Å². The van der Waals surface area contributed by atoms with Gasteiger partial charge in [0.1, 0.15) is 0 Å². The van der Waals surface area contributed by atoms with Gasteiger partial charge in [0.15, 0.2) is 12.4 Å². The minimum Gasteiger partial charge on any atom is -0.490 e. The fourth-order valence-corrected chi connectivity index (χ4v) is 3.13. The molecule has 2 rings (SSSR count). The molecule has 1 heterocycles. The smallest absolute Gasteiger partial charge is 0.311 e. The van der Waals surface area contributed by atoms with Crippen LogP contribution in [-0.2, 0) is 20.7 Å². The van der Waals surface area contributed by atoms with Crippen LogP contribution >= 0.6 is 11.3 Å². The lowest BCUT2D eigenvalue weighted by Crippen LogP contribution is -2.21. The fraction of sp³-hybridized carbons (Fsp3) is 0.333. The third-order valence-electron chi connectivity index (χ3n) is 3.75. The van der Waals surface area contributed by atoms with Crippen molar-refractivity contribution in [2.75, 3.05) is 19.0 Å². The molecule has 0 unspecified atom stereocenters. The minimum atomic E-state index is -0.560. The van der Waals surface area contributed by atoms with E-state index in [-0.39, 0.29) is 17.9 Å². The molecule has 0 atom stereocenters.